The second kappa shape index (κ2) is 6.88. The van der Waals surface area contributed by atoms with Crippen molar-refractivity contribution in [2.75, 3.05) is 0 Å². The smallest absolute Gasteiger partial charge is 0.152 e. The third-order valence-electron chi connectivity index (χ3n) is 4.29. The summed E-state index contributed by atoms with van der Waals surface area (Å²) in [7, 11) is 0. The third kappa shape index (κ3) is 5.18. The predicted octanol–water partition coefficient (Wildman–Crippen LogP) is 5.24. The monoisotopic (exact) mass is 260 g/mol. The molecule has 0 saturated heterocycles. The van der Waals surface area contributed by atoms with E-state index in [-0.39, 0.29) is 5.78 Å². The van der Waals surface area contributed by atoms with Gasteiger partial charge in [0.2, 0.25) is 0 Å². The van der Waals surface area contributed by atoms with Crippen LogP contribution in [-0.2, 0) is 4.79 Å². The summed E-state index contributed by atoms with van der Waals surface area (Å²) in [4.78, 5) is 10.8. The molecule has 0 aliphatic heterocycles. The highest BCUT2D eigenvalue weighted by atomic mass is 16.1. The van der Waals surface area contributed by atoms with Gasteiger partial charge in [-0.05, 0) is 63.4 Å². The van der Waals surface area contributed by atoms with Gasteiger partial charge in [0, 0.05) is 0 Å². The van der Waals surface area contributed by atoms with Crippen molar-refractivity contribution in [3.05, 3.63) is 36.0 Å². The molecule has 0 heterocycles. The zero-order valence-electron chi connectivity index (χ0n) is 13.0. The van der Waals surface area contributed by atoms with Crippen LogP contribution in [0.5, 0.6) is 0 Å². The standard InChI is InChI=1S/C18H28O/c1-14(8-6-10-16(3)19)11-12-17-15(2)9-7-13-18(17,4)5/h6,8,10,17H,2,7,9,11-13H2,1,3-5H3. The van der Waals surface area contributed by atoms with Crippen molar-refractivity contribution in [3.8, 4) is 0 Å². The van der Waals surface area contributed by atoms with Crippen LogP contribution in [0.15, 0.2) is 36.0 Å². The Balaban J connectivity index is 2.55. The molecule has 0 N–H and O–H groups in total. The molecule has 0 amide bonds. The topological polar surface area (TPSA) is 17.1 Å². The fraction of sp³-hybridized carbons (Fsp3) is 0.611. The van der Waals surface area contributed by atoms with E-state index in [9.17, 15) is 4.79 Å². The van der Waals surface area contributed by atoms with Crippen molar-refractivity contribution >= 4 is 5.78 Å². The first-order valence-electron chi connectivity index (χ1n) is 7.35. The van der Waals surface area contributed by atoms with Crippen LogP contribution >= 0.6 is 0 Å². The van der Waals surface area contributed by atoms with Crippen LogP contribution in [0.1, 0.15) is 59.8 Å². The predicted molar refractivity (Wildman–Crippen MR) is 83.1 cm³/mol. The van der Waals surface area contributed by atoms with Crippen molar-refractivity contribution < 1.29 is 4.79 Å². The first kappa shape index (κ1) is 15.9. The quantitative estimate of drug-likeness (QED) is 0.375. The zero-order valence-corrected chi connectivity index (χ0v) is 13.0. The number of hydrogen-bond acceptors (Lipinski definition) is 1. The summed E-state index contributed by atoms with van der Waals surface area (Å²) in [6.45, 7) is 12.7. The van der Waals surface area contributed by atoms with E-state index >= 15 is 0 Å². The van der Waals surface area contributed by atoms with Crippen LogP contribution in [0.4, 0.5) is 0 Å². The Labute approximate surface area is 118 Å². The van der Waals surface area contributed by atoms with Gasteiger partial charge in [-0.25, -0.2) is 0 Å². The van der Waals surface area contributed by atoms with Crippen molar-refractivity contribution in [1.82, 2.24) is 0 Å². The lowest BCUT2D eigenvalue weighted by molar-refractivity contribution is -0.112. The molecule has 0 aromatic carbocycles. The Morgan fingerprint density at radius 3 is 2.68 bits per heavy atom. The molecule has 19 heavy (non-hydrogen) atoms. The van der Waals surface area contributed by atoms with Gasteiger partial charge < -0.3 is 0 Å². The maximum absolute atomic E-state index is 10.8. The number of rotatable bonds is 5. The Hall–Kier alpha value is -1.11. The van der Waals surface area contributed by atoms with Crippen molar-refractivity contribution in [2.45, 2.75) is 59.8 Å². The highest BCUT2D eigenvalue weighted by molar-refractivity contribution is 5.87. The van der Waals surface area contributed by atoms with Gasteiger partial charge >= 0.3 is 0 Å². The van der Waals surface area contributed by atoms with Crippen LogP contribution in [0, 0.1) is 11.3 Å². The third-order valence-corrected chi connectivity index (χ3v) is 4.29. The van der Waals surface area contributed by atoms with Crippen LogP contribution in [-0.4, -0.2) is 5.78 Å². The van der Waals surface area contributed by atoms with E-state index in [2.05, 4.69) is 33.4 Å². The lowest BCUT2D eigenvalue weighted by atomic mass is 9.65. The van der Waals surface area contributed by atoms with E-state index < -0.39 is 0 Å². The van der Waals surface area contributed by atoms with Crippen molar-refractivity contribution in [3.63, 3.8) is 0 Å². The molecule has 1 aliphatic rings. The fourth-order valence-corrected chi connectivity index (χ4v) is 3.07. The van der Waals surface area contributed by atoms with Crippen LogP contribution in [0.25, 0.3) is 0 Å². The SMILES string of the molecule is C=C1CCCC(C)(C)C1CCC(C)=CC=CC(C)=O. The molecule has 0 aromatic rings. The number of carbonyl (C=O) groups excluding carboxylic acids is 1. The highest BCUT2D eigenvalue weighted by Crippen LogP contribution is 2.45. The van der Waals surface area contributed by atoms with Gasteiger partial charge in [0.05, 0.1) is 0 Å². The molecule has 1 heteroatoms. The normalized spacial score (nSPS) is 23.9. The van der Waals surface area contributed by atoms with E-state index in [0.717, 1.165) is 6.42 Å². The fourth-order valence-electron chi connectivity index (χ4n) is 3.07. The van der Waals surface area contributed by atoms with E-state index in [0.29, 0.717) is 11.3 Å². The van der Waals surface area contributed by atoms with Gasteiger partial charge in [-0.2, -0.15) is 0 Å². The number of carbonyl (C=O) groups is 1. The molecule has 1 atom stereocenters. The number of allylic oxidation sites excluding steroid dienone is 5. The van der Waals surface area contributed by atoms with Gasteiger partial charge in [0.15, 0.2) is 5.78 Å². The van der Waals surface area contributed by atoms with Crippen LogP contribution < -0.4 is 0 Å². The van der Waals surface area contributed by atoms with Crippen LogP contribution in [0.2, 0.25) is 0 Å². The molecule has 0 aromatic heterocycles. The van der Waals surface area contributed by atoms with Crippen molar-refractivity contribution in [1.29, 1.82) is 0 Å². The molecule has 0 spiro atoms. The molecule has 106 valence electrons. The molecule has 0 radical (unpaired) electrons. The highest BCUT2D eigenvalue weighted by Gasteiger charge is 2.33. The lowest BCUT2D eigenvalue weighted by Crippen LogP contribution is -2.29. The molecule has 1 unspecified atom stereocenters. The first-order valence-corrected chi connectivity index (χ1v) is 7.35. The van der Waals surface area contributed by atoms with Crippen molar-refractivity contribution in [2.24, 2.45) is 11.3 Å². The molecule has 1 rings (SSSR count). The summed E-state index contributed by atoms with van der Waals surface area (Å²) in [5, 5.41) is 0. The maximum atomic E-state index is 10.8. The largest absolute Gasteiger partial charge is 0.295 e. The molecule has 1 fully saturated rings. The Morgan fingerprint density at radius 2 is 2.11 bits per heavy atom. The van der Waals surface area contributed by atoms with Gasteiger partial charge in [-0.3, -0.25) is 4.79 Å². The zero-order chi connectivity index (χ0) is 14.5. The summed E-state index contributed by atoms with van der Waals surface area (Å²) in [6.07, 6.45) is 11.6. The van der Waals surface area contributed by atoms with E-state index in [1.165, 1.54) is 36.8 Å². The molecule has 1 aliphatic carbocycles. The second-order valence-corrected chi connectivity index (χ2v) is 6.57. The lowest BCUT2D eigenvalue weighted by Gasteiger charge is -2.40. The molecule has 0 bridgehead atoms. The Kier molecular flexibility index (Phi) is 5.78. The second-order valence-electron chi connectivity index (χ2n) is 6.57. The van der Waals surface area contributed by atoms with Gasteiger partial charge in [0.25, 0.3) is 0 Å². The van der Waals surface area contributed by atoms with E-state index in [1.54, 1.807) is 13.0 Å². The Morgan fingerprint density at radius 1 is 1.42 bits per heavy atom. The average molecular weight is 260 g/mol. The summed E-state index contributed by atoms with van der Waals surface area (Å²) in [6, 6.07) is 0. The van der Waals surface area contributed by atoms with Gasteiger partial charge in [-0.15, -0.1) is 0 Å². The molecule has 1 saturated carbocycles. The molecular weight excluding hydrogens is 232 g/mol. The minimum atomic E-state index is 0.103. The van der Waals surface area contributed by atoms with E-state index in [1.807, 2.05) is 6.08 Å². The maximum Gasteiger partial charge on any atom is 0.152 e. The summed E-state index contributed by atoms with van der Waals surface area (Å²) in [5.41, 5.74) is 3.17. The van der Waals surface area contributed by atoms with Gasteiger partial charge in [-0.1, -0.05) is 43.7 Å². The first-order chi connectivity index (χ1) is 8.83. The summed E-state index contributed by atoms with van der Waals surface area (Å²) >= 11 is 0. The average Bonchev–Trinajstić information content (AvgIpc) is 2.26. The minimum Gasteiger partial charge on any atom is -0.295 e. The number of hydrogen-bond donors (Lipinski definition) is 0. The minimum absolute atomic E-state index is 0.103. The van der Waals surface area contributed by atoms with Gasteiger partial charge in [0.1, 0.15) is 0 Å². The number of ketones is 1. The molecule has 1 nitrogen and oxygen atoms in total. The molecular formula is C18H28O. The summed E-state index contributed by atoms with van der Waals surface area (Å²) < 4.78 is 0. The summed E-state index contributed by atoms with van der Waals surface area (Å²) in [5.74, 6) is 0.743. The van der Waals surface area contributed by atoms with E-state index in [4.69, 9.17) is 0 Å². The van der Waals surface area contributed by atoms with Crippen LogP contribution in [0.3, 0.4) is 0 Å². The Bertz CT molecular complexity index is 396.